The van der Waals surface area contributed by atoms with E-state index >= 15 is 0 Å². The highest BCUT2D eigenvalue weighted by molar-refractivity contribution is 8.13. The van der Waals surface area contributed by atoms with Crippen LogP contribution in [0.1, 0.15) is 30.1 Å². The molecule has 1 aromatic carbocycles. The van der Waals surface area contributed by atoms with Crippen molar-refractivity contribution >= 4 is 48.8 Å². The van der Waals surface area contributed by atoms with Crippen molar-refractivity contribution in [2.24, 2.45) is 5.92 Å². The van der Waals surface area contributed by atoms with Gasteiger partial charge in [0.15, 0.2) is 0 Å². The van der Waals surface area contributed by atoms with E-state index < -0.39 is 9.05 Å². The van der Waals surface area contributed by atoms with Crippen LogP contribution in [0.25, 0.3) is 0 Å². The molecular formula is C13H14Cl3NO3S. The fraction of sp³-hybridized carbons (Fsp3) is 0.462. The van der Waals surface area contributed by atoms with Crippen molar-refractivity contribution in [2.45, 2.75) is 24.7 Å². The van der Waals surface area contributed by atoms with Crippen LogP contribution in [-0.2, 0) is 9.05 Å². The lowest BCUT2D eigenvalue weighted by atomic mass is 9.99. The minimum atomic E-state index is -4.04. The maximum Gasteiger partial charge on any atom is 0.262 e. The van der Waals surface area contributed by atoms with E-state index in [1.807, 2.05) is 0 Å². The summed E-state index contributed by atoms with van der Waals surface area (Å²) in [7, 11) is 1.28. The lowest BCUT2D eigenvalue weighted by Crippen LogP contribution is -2.39. The molecule has 0 aliphatic carbocycles. The Morgan fingerprint density at radius 3 is 2.52 bits per heavy atom. The van der Waals surface area contributed by atoms with E-state index in [0.717, 1.165) is 18.9 Å². The van der Waals surface area contributed by atoms with E-state index in [1.54, 1.807) is 4.90 Å². The Labute approximate surface area is 138 Å². The van der Waals surface area contributed by atoms with Crippen molar-refractivity contribution in [1.82, 2.24) is 4.90 Å². The first kappa shape index (κ1) is 16.9. The topological polar surface area (TPSA) is 54.5 Å². The van der Waals surface area contributed by atoms with Gasteiger partial charge < -0.3 is 4.90 Å². The monoisotopic (exact) mass is 369 g/mol. The first-order valence-corrected chi connectivity index (χ1v) is 9.49. The third-order valence-electron chi connectivity index (χ3n) is 3.46. The van der Waals surface area contributed by atoms with Crippen molar-refractivity contribution in [3.8, 4) is 0 Å². The summed E-state index contributed by atoms with van der Waals surface area (Å²) in [6, 6.07) is 2.38. The summed E-state index contributed by atoms with van der Waals surface area (Å²) >= 11 is 11.9. The molecule has 1 amide bonds. The minimum absolute atomic E-state index is 0.0986. The van der Waals surface area contributed by atoms with Crippen LogP contribution in [0.4, 0.5) is 0 Å². The summed E-state index contributed by atoms with van der Waals surface area (Å²) in [5.41, 5.74) is 0.106. The summed E-state index contributed by atoms with van der Waals surface area (Å²) < 4.78 is 23.0. The number of amides is 1. The number of rotatable bonds is 2. The average molecular weight is 371 g/mol. The highest BCUT2D eigenvalue weighted by Crippen LogP contribution is 2.32. The van der Waals surface area contributed by atoms with Gasteiger partial charge in [-0.05, 0) is 30.9 Å². The molecule has 8 heteroatoms. The largest absolute Gasteiger partial charge is 0.338 e. The summed E-state index contributed by atoms with van der Waals surface area (Å²) in [5.74, 6) is 0.106. The van der Waals surface area contributed by atoms with E-state index in [0.29, 0.717) is 19.0 Å². The highest BCUT2D eigenvalue weighted by atomic mass is 35.7. The third kappa shape index (κ3) is 3.83. The van der Waals surface area contributed by atoms with E-state index in [-0.39, 0.29) is 26.4 Å². The zero-order valence-corrected chi connectivity index (χ0v) is 14.4. The lowest BCUT2D eigenvalue weighted by Gasteiger charge is -2.31. The molecule has 0 saturated carbocycles. The van der Waals surface area contributed by atoms with Gasteiger partial charge in [0, 0.05) is 23.8 Å². The molecule has 1 aliphatic rings. The second-order valence-electron chi connectivity index (χ2n) is 5.20. The molecule has 0 bridgehead atoms. The van der Waals surface area contributed by atoms with Gasteiger partial charge in [0.1, 0.15) is 4.90 Å². The van der Waals surface area contributed by atoms with Crippen molar-refractivity contribution in [1.29, 1.82) is 0 Å². The maximum atomic E-state index is 12.5. The van der Waals surface area contributed by atoms with Crippen LogP contribution in [0.2, 0.25) is 10.0 Å². The fourth-order valence-corrected chi connectivity index (χ4v) is 4.24. The van der Waals surface area contributed by atoms with Gasteiger partial charge in [0.2, 0.25) is 0 Å². The number of carbonyl (C=O) groups is 1. The van der Waals surface area contributed by atoms with Gasteiger partial charge in [-0.25, -0.2) is 8.42 Å². The molecule has 0 N–H and O–H groups in total. The summed E-state index contributed by atoms with van der Waals surface area (Å²) in [4.78, 5) is 13.9. The van der Waals surface area contributed by atoms with Crippen molar-refractivity contribution in [2.75, 3.05) is 13.1 Å². The second kappa shape index (κ2) is 6.32. The van der Waals surface area contributed by atoms with Crippen molar-refractivity contribution in [3.63, 3.8) is 0 Å². The van der Waals surface area contributed by atoms with Gasteiger partial charge in [-0.2, -0.15) is 0 Å². The van der Waals surface area contributed by atoms with Gasteiger partial charge >= 0.3 is 0 Å². The molecule has 4 nitrogen and oxygen atoms in total. The van der Waals surface area contributed by atoms with E-state index in [2.05, 4.69) is 6.92 Å². The molecule has 1 fully saturated rings. The molecular weight excluding hydrogens is 357 g/mol. The SMILES string of the molecule is CC1CCCN(C(=O)c2cc(S(=O)(=O)Cl)c(Cl)cc2Cl)C1. The summed E-state index contributed by atoms with van der Waals surface area (Å²) in [6.07, 6.45) is 1.98. The molecule has 1 aliphatic heterocycles. The van der Waals surface area contributed by atoms with Crippen molar-refractivity contribution in [3.05, 3.63) is 27.7 Å². The first-order chi connectivity index (χ1) is 9.70. The van der Waals surface area contributed by atoms with Crippen molar-refractivity contribution < 1.29 is 13.2 Å². The van der Waals surface area contributed by atoms with Gasteiger partial charge in [0.25, 0.3) is 15.0 Å². The Bertz CT molecular complexity index is 675. The quantitative estimate of drug-likeness (QED) is 0.744. The van der Waals surface area contributed by atoms with Crippen LogP contribution < -0.4 is 0 Å². The molecule has 1 heterocycles. The lowest BCUT2D eigenvalue weighted by molar-refractivity contribution is 0.0683. The Hall–Kier alpha value is -0.490. The van der Waals surface area contributed by atoms with Crippen LogP contribution in [0.5, 0.6) is 0 Å². The van der Waals surface area contributed by atoms with E-state index in [1.165, 1.54) is 6.07 Å². The molecule has 1 aromatic rings. The Morgan fingerprint density at radius 1 is 1.29 bits per heavy atom. The van der Waals surface area contributed by atoms with Crippen LogP contribution in [0.15, 0.2) is 17.0 Å². The molecule has 1 saturated heterocycles. The van der Waals surface area contributed by atoms with Crippen LogP contribution >= 0.6 is 33.9 Å². The van der Waals surface area contributed by atoms with Crippen LogP contribution in [0.3, 0.4) is 0 Å². The van der Waals surface area contributed by atoms with Crippen LogP contribution in [-0.4, -0.2) is 32.3 Å². The summed E-state index contributed by atoms with van der Waals surface area (Å²) in [5, 5.41) is 0.0193. The molecule has 0 radical (unpaired) electrons. The average Bonchev–Trinajstić information content (AvgIpc) is 2.36. The Kier molecular flexibility index (Phi) is 5.08. The summed E-state index contributed by atoms with van der Waals surface area (Å²) in [6.45, 7) is 3.32. The predicted molar refractivity (Wildman–Crippen MR) is 83.8 cm³/mol. The molecule has 0 aromatic heterocycles. The number of piperidine rings is 1. The zero-order chi connectivity index (χ0) is 15.8. The number of carbonyl (C=O) groups excluding carboxylic acids is 1. The van der Waals surface area contributed by atoms with E-state index in [4.69, 9.17) is 33.9 Å². The predicted octanol–water partition coefficient (Wildman–Crippen LogP) is 3.79. The van der Waals surface area contributed by atoms with Crippen LogP contribution in [0, 0.1) is 5.92 Å². The number of hydrogen-bond acceptors (Lipinski definition) is 3. The van der Waals surface area contributed by atoms with Gasteiger partial charge in [0.05, 0.1) is 15.6 Å². The second-order valence-corrected chi connectivity index (χ2v) is 8.55. The number of likely N-dealkylation sites (tertiary alicyclic amines) is 1. The number of halogens is 3. The fourth-order valence-electron chi connectivity index (χ4n) is 2.42. The third-order valence-corrected chi connectivity index (χ3v) is 5.56. The first-order valence-electron chi connectivity index (χ1n) is 6.43. The van der Waals surface area contributed by atoms with Gasteiger partial charge in [-0.15, -0.1) is 0 Å². The molecule has 1 atom stereocenters. The Morgan fingerprint density at radius 2 is 1.95 bits per heavy atom. The zero-order valence-electron chi connectivity index (χ0n) is 11.3. The van der Waals surface area contributed by atoms with Gasteiger partial charge in [-0.1, -0.05) is 30.1 Å². The number of hydrogen-bond donors (Lipinski definition) is 0. The molecule has 1 unspecified atom stereocenters. The number of nitrogens with zero attached hydrogens (tertiary/aromatic N) is 1. The molecule has 21 heavy (non-hydrogen) atoms. The smallest absolute Gasteiger partial charge is 0.262 e. The Balaban J connectivity index is 2.41. The highest BCUT2D eigenvalue weighted by Gasteiger charge is 2.26. The normalized spacial score (nSPS) is 19.6. The van der Waals surface area contributed by atoms with E-state index in [9.17, 15) is 13.2 Å². The number of benzene rings is 1. The minimum Gasteiger partial charge on any atom is -0.338 e. The van der Waals surface area contributed by atoms with Gasteiger partial charge in [-0.3, -0.25) is 4.79 Å². The molecule has 2 rings (SSSR count). The maximum absolute atomic E-state index is 12.5. The molecule has 116 valence electrons. The molecule has 0 spiro atoms. The standard InChI is InChI=1S/C13H14Cl3NO3S/c1-8-3-2-4-17(7-8)13(18)9-5-12(21(16,19)20)11(15)6-10(9)14/h5-6,8H,2-4,7H2,1H3.